The zero-order valence-corrected chi connectivity index (χ0v) is 19.1. The number of aromatic nitrogens is 2. The van der Waals surface area contributed by atoms with E-state index in [-0.39, 0.29) is 17.8 Å². The molecule has 0 bridgehead atoms. The number of rotatable bonds is 4. The fraction of sp³-hybridized carbons (Fsp3) is 0.522. The normalized spacial score (nSPS) is 21.8. The van der Waals surface area contributed by atoms with E-state index in [4.69, 9.17) is 5.11 Å². The summed E-state index contributed by atoms with van der Waals surface area (Å²) in [5.41, 5.74) is 0.621. The number of carboxylic acid groups (broad SMARTS) is 1. The molecule has 0 saturated carbocycles. The van der Waals surface area contributed by atoms with Gasteiger partial charge in [0, 0.05) is 56.7 Å². The number of aromatic carboxylic acids is 1. The highest BCUT2D eigenvalue weighted by Crippen LogP contribution is 2.38. The monoisotopic (exact) mass is 479 g/mol. The van der Waals surface area contributed by atoms with Gasteiger partial charge in [-0.25, -0.2) is 9.59 Å². The van der Waals surface area contributed by atoms with Crippen LogP contribution in [0.3, 0.4) is 0 Å². The Bertz CT molecular complexity index is 1050. The predicted molar refractivity (Wildman–Crippen MR) is 119 cm³/mol. The van der Waals surface area contributed by atoms with Crippen LogP contribution < -0.4 is 4.90 Å². The molecule has 8 nitrogen and oxygen atoms in total. The molecule has 4 rings (SSSR count). The highest BCUT2D eigenvalue weighted by atomic mass is 19.4. The molecule has 2 aliphatic heterocycles. The van der Waals surface area contributed by atoms with Crippen LogP contribution in [-0.4, -0.2) is 74.9 Å². The number of nitrogens with zero attached hydrogens (tertiary/aromatic N) is 5. The van der Waals surface area contributed by atoms with Gasteiger partial charge in [-0.1, -0.05) is 6.07 Å². The number of hydrogen-bond donors (Lipinski definition) is 1. The maximum Gasteiger partial charge on any atom is 0.416 e. The third-order valence-electron chi connectivity index (χ3n) is 6.68. The molecule has 1 amide bonds. The summed E-state index contributed by atoms with van der Waals surface area (Å²) in [6, 6.07) is 5.18. The van der Waals surface area contributed by atoms with Gasteiger partial charge in [0.2, 0.25) is 0 Å². The molecule has 1 N–H and O–H groups in total. The van der Waals surface area contributed by atoms with E-state index in [9.17, 15) is 22.8 Å². The number of benzene rings is 1. The number of halogens is 3. The number of piperazine rings is 1. The maximum atomic E-state index is 13.4. The maximum absolute atomic E-state index is 13.4. The van der Waals surface area contributed by atoms with E-state index in [0.717, 1.165) is 29.2 Å². The fourth-order valence-corrected chi connectivity index (χ4v) is 4.81. The smallest absolute Gasteiger partial charge is 0.416 e. The van der Waals surface area contributed by atoms with Crippen molar-refractivity contribution < 1.29 is 27.9 Å². The molecule has 2 fully saturated rings. The van der Waals surface area contributed by atoms with Crippen molar-refractivity contribution in [2.45, 2.75) is 51.5 Å². The highest BCUT2D eigenvalue weighted by Gasteiger charge is 2.35. The minimum absolute atomic E-state index is 0.163. The Morgan fingerprint density at radius 3 is 2.26 bits per heavy atom. The Hall–Kier alpha value is -3.08. The van der Waals surface area contributed by atoms with Gasteiger partial charge in [0.15, 0.2) is 5.69 Å². The second kappa shape index (κ2) is 9.28. The molecule has 1 aromatic carbocycles. The Balaban J connectivity index is 1.47. The minimum Gasteiger partial charge on any atom is -0.476 e. The van der Waals surface area contributed by atoms with E-state index < -0.39 is 23.7 Å². The van der Waals surface area contributed by atoms with E-state index >= 15 is 0 Å². The molecule has 0 aliphatic carbocycles. The van der Waals surface area contributed by atoms with E-state index in [2.05, 4.69) is 14.9 Å². The first-order chi connectivity index (χ1) is 16.0. The van der Waals surface area contributed by atoms with Crippen LogP contribution in [0.1, 0.15) is 48.3 Å². The summed E-state index contributed by atoms with van der Waals surface area (Å²) in [5.74, 6) is -1.20. The average Bonchev–Trinajstić information content (AvgIpc) is 3.41. The van der Waals surface area contributed by atoms with Crippen molar-refractivity contribution in [2.24, 2.45) is 0 Å². The molecule has 2 saturated heterocycles. The summed E-state index contributed by atoms with van der Waals surface area (Å²) in [6.45, 7) is 6.48. The SMILES string of the molecule is CC1CC[C@@H](C)N1c1cc(C(F)(F)F)ccc1CN1CCN(C(=O)n2ccc(C(=O)O)n2)CC1. The van der Waals surface area contributed by atoms with Crippen LogP contribution in [0.15, 0.2) is 30.5 Å². The van der Waals surface area contributed by atoms with Crippen LogP contribution in [0, 0.1) is 0 Å². The fourth-order valence-electron chi connectivity index (χ4n) is 4.81. The average molecular weight is 480 g/mol. The largest absolute Gasteiger partial charge is 0.476 e. The number of carbonyl (C=O) groups is 2. The van der Waals surface area contributed by atoms with Gasteiger partial charge in [0.05, 0.1) is 5.56 Å². The number of amides is 1. The summed E-state index contributed by atoms with van der Waals surface area (Å²) in [4.78, 5) is 29.4. The lowest BCUT2D eigenvalue weighted by atomic mass is 10.0. The topological polar surface area (TPSA) is 81.9 Å². The molecule has 2 atom stereocenters. The van der Waals surface area contributed by atoms with Gasteiger partial charge in [0.1, 0.15) is 0 Å². The Morgan fingerprint density at radius 2 is 1.71 bits per heavy atom. The summed E-state index contributed by atoms with van der Waals surface area (Å²) in [5, 5.41) is 12.8. The number of carbonyl (C=O) groups excluding carboxylic acids is 1. The van der Waals surface area contributed by atoms with Crippen LogP contribution in [0.2, 0.25) is 0 Å². The molecule has 2 aromatic rings. The van der Waals surface area contributed by atoms with E-state index in [0.29, 0.717) is 38.4 Å². The van der Waals surface area contributed by atoms with Crippen molar-refractivity contribution >= 4 is 17.7 Å². The minimum atomic E-state index is -4.40. The zero-order valence-electron chi connectivity index (χ0n) is 19.1. The first-order valence-corrected chi connectivity index (χ1v) is 11.3. The van der Waals surface area contributed by atoms with Gasteiger partial charge in [-0.2, -0.15) is 23.0 Å². The number of carboxylic acids is 1. The number of anilines is 1. The third-order valence-corrected chi connectivity index (χ3v) is 6.68. The molecule has 3 heterocycles. The van der Waals surface area contributed by atoms with Crippen molar-refractivity contribution in [1.82, 2.24) is 19.6 Å². The van der Waals surface area contributed by atoms with Crippen LogP contribution >= 0.6 is 0 Å². The molecule has 11 heteroatoms. The van der Waals surface area contributed by atoms with Crippen LogP contribution in [0.25, 0.3) is 0 Å². The van der Waals surface area contributed by atoms with Crippen molar-refractivity contribution in [3.63, 3.8) is 0 Å². The second-order valence-corrected chi connectivity index (χ2v) is 9.02. The van der Waals surface area contributed by atoms with Crippen molar-refractivity contribution in [1.29, 1.82) is 0 Å². The Morgan fingerprint density at radius 1 is 1.06 bits per heavy atom. The third kappa shape index (κ3) is 4.89. The lowest BCUT2D eigenvalue weighted by Gasteiger charge is -2.36. The number of hydrogen-bond acceptors (Lipinski definition) is 5. The lowest BCUT2D eigenvalue weighted by molar-refractivity contribution is -0.137. The van der Waals surface area contributed by atoms with Gasteiger partial charge in [-0.15, -0.1) is 0 Å². The van der Waals surface area contributed by atoms with E-state index in [1.807, 2.05) is 13.8 Å². The molecule has 184 valence electrons. The molecule has 1 unspecified atom stereocenters. The predicted octanol–water partition coefficient (Wildman–Crippen LogP) is 3.76. The van der Waals surface area contributed by atoms with Crippen molar-refractivity contribution in [2.75, 3.05) is 31.1 Å². The first kappa shape index (κ1) is 24.1. The summed E-state index contributed by atoms with van der Waals surface area (Å²) in [7, 11) is 0. The van der Waals surface area contributed by atoms with Gasteiger partial charge < -0.3 is 14.9 Å². The van der Waals surface area contributed by atoms with E-state index in [1.54, 1.807) is 11.0 Å². The molecular weight excluding hydrogens is 451 g/mol. The zero-order chi connectivity index (χ0) is 24.6. The van der Waals surface area contributed by atoms with Gasteiger partial charge in [-0.05, 0) is 50.5 Å². The second-order valence-electron chi connectivity index (χ2n) is 9.02. The summed E-state index contributed by atoms with van der Waals surface area (Å²) >= 11 is 0. The van der Waals surface area contributed by atoms with Crippen molar-refractivity contribution in [3.8, 4) is 0 Å². The van der Waals surface area contributed by atoms with Crippen molar-refractivity contribution in [3.05, 3.63) is 47.3 Å². The summed E-state index contributed by atoms with van der Waals surface area (Å²) in [6.07, 6.45) is -1.20. The number of alkyl halides is 3. The molecular formula is C23H28F3N5O3. The van der Waals surface area contributed by atoms with Gasteiger partial charge in [-0.3, -0.25) is 4.90 Å². The van der Waals surface area contributed by atoms with Crippen LogP contribution in [0.4, 0.5) is 23.7 Å². The van der Waals surface area contributed by atoms with Gasteiger partial charge >= 0.3 is 18.2 Å². The molecule has 0 radical (unpaired) electrons. The standard InChI is InChI=1S/C23H28F3N5O3/c1-15-3-4-16(2)31(15)20-13-18(23(24,25)26)6-5-17(20)14-28-9-11-29(12-10-28)22(34)30-8-7-19(27-30)21(32)33/h5-8,13,15-16H,3-4,9-12,14H2,1-2H3,(H,32,33)/t15-,16?/m1/s1. The quantitative estimate of drug-likeness (QED) is 0.719. The van der Waals surface area contributed by atoms with E-state index in [1.165, 1.54) is 18.3 Å². The molecule has 34 heavy (non-hydrogen) atoms. The Kier molecular flexibility index (Phi) is 6.57. The van der Waals surface area contributed by atoms with Crippen LogP contribution in [0.5, 0.6) is 0 Å². The van der Waals surface area contributed by atoms with Crippen LogP contribution in [-0.2, 0) is 12.7 Å². The first-order valence-electron chi connectivity index (χ1n) is 11.3. The molecule has 0 spiro atoms. The highest BCUT2D eigenvalue weighted by molar-refractivity contribution is 5.86. The summed E-state index contributed by atoms with van der Waals surface area (Å²) < 4.78 is 41.3. The molecule has 2 aliphatic rings. The van der Waals surface area contributed by atoms with Gasteiger partial charge in [0.25, 0.3) is 0 Å². The lowest BCUT2D eigenvalue weighted by Crippen LogP contribution is -2.49. The Labute approximate surface area is 195 Å². The molecule has 1 aromatic heterocycles.